The molecule has 0 aliphatic rings. The molecule has 338 valence electrons. The second kappa shape index (κ2) is 47.1. The highest BCUT2D eigenvalue weighted by Gasteiger charge is 2.19. The molecular weight excluding hydrogens is 709 g/mol. The summed E-state index contributed by atoms with van der Waals surface area (Å²) >= 11 is 0. The quantitative estimate of drug-likeness (QED) is 0.0346. The third kappa shape index (κ3) is 45.3. The lowest BCUT2D eigenvalue weighted by atomic mass is 10.0. The lowest BCUT2D eigenvalue weighted by Crippen LogP contribution is -2.30. The van der Waals surface area contributed by atoms with Crippen LogP contribution < -0.4 is 0 Å². The average molecular weight is 807 g/mol. The van der Waals surface area contributed by atoms with E-state index in [1.165, 1.54) is 193 Å². The summed E-state index contributed by atoms with van der Waals surface area (Å²) in [6, 6.07) is 0. The first-order chi connectivity index (χ1) is 28.0. The molecule has 6 heteroatoms. The van der Waals surface area contributed by atoms with Gasteiger partial charge < -0.3 is 14.2 Å². The van der Waals surface area contributed by atoms with Gasteiger partial charge in [0.2, 0.25) is 0 Å². The summed E-state index contributed by atoms with van der Waals surface area (Å²) in [5, 5.41) is 0. The summed E-state index contributed by atoms with van der Waals surface area (Å²) in [4.78, 5) is 37.7. The van der Waals surface area contributed by atoms with Gasteiger partial charge in [-0.15, -0.1) is 0 Å². The molecular formula is C51H98O6. The molecule has 0 aromatic rings. The monoisotopic (exact) mass is 807 g/mol. The minimum Gasteiger partial charge on any atom is -0.462 e. The molecule has 0 amide bonds. The molecule has 57 heavy (non-hydrogen) atoms. The van der Waals surface area contributed by atoms with Crippen LogP contribution in [0.5, 0.6) is 0 Å². The van der Waals surface area contributed by atoms with Crippen molar-refractivity contribution in [1.29, 1.82) is 0 Å². The van der Waals surface area contributed by atoms with Crippen molar-refractivity contribution in [1.82, 2.24) is 0 Å². The Morgan fingerprint density at radius 1 is 0.281 bits per heavy atom. The van der Waals surface area contributed by atoms with Crippen molar-refractivity contribution in [3.63, 3.8) is 0 Å². The fourth-order valence-corrected chi connectivity index (χ4v) is 7.74. The Morgan fingerprint density at radius 2 is 0.474 bits per heavy atom. The summed E-state index contributed by atoms with van der Waals surface area (Å²) in [5.74, 6) is -0.853. The maximum atomic E-state index is 12.7. The molecule has 6 nitrogen and oxygen atoms in total. The van der Waals surface area contributed by atoms with Crippen LogP contribution in [-0.4, -0.2) is 37.2 Å². The fraction of sp³-hybridized carbons (Fsp3) is 0.941. The van der Waals surface area contributed by atoms with Crippen molar-refractivity contribution in [3.05, 3.63) is 0 Å². The van der Waals surface area contributed by atoms with E-state index in [0.29, 0.717) is 19.3 Å². The van der Waals surface area contributed by atoms with Gasteiger partial charge in [0.1, 0.15) is 13.2 Å². The van der Waals surface area contributed by atoms with Crippen LogP contribution >= 0.6 is 0 Å². The van der Waals surface area contributed by atoms with Crippen LogP contribution in [0.3, 0.4) is 0 Å². The van der Waals surface area contributed by atoms with Gasteiger partial charge in [0.05, 0.1) is 0 Å². The van der Waals surface area contributed by atoms with Gasteiger partial charge in [0.15, 0.2) is 6.10 Å². The highest BCUT2D eigenvalue weighted by molar-refractivity contribution is 5.71. The molecule has 0 aliphatic carbocycles. The Morgan fingerprint density at radius 3 is 0.702 bits per heavy atom. The lowest BCUT2D eigenvalue weighted by molar-refractivity contribution is -0.167. The number of hydrogen-bond donors (Lipinski definition) is 0. The van der Waals surface area contributed by atoms with Crippen molar-refractivity contribution in [2.24, 2.45) is 0 Å². The minimum absolute atomic E-state index is 0.0627. The first-order valence-electron chi connectivity index (χ1n) is 25.5. The van der Waals surface area contributed by atoms with Gasteiger partial charge in [0, 0.05) is 19.3 Å². The van der Waals surface area contributed by atoms with E-state index in [-0.39, 0.29) is 31.1 Å². The highest BCUT2D eigenvalue weighted by atomic mass is 16.6. The topological polar surface area (TPSA) is 78.9 Å². The molecule has 0 aliphatic heterocycles. The van der Waals surface area contributed by atoms with Crippen LogP contribution in [0.25, 0.3) is 0 Å². The average Bonchev–Trinajstić information content (AvgIpc) is 3.21. The van der Waals surface area contributed by atoms with E-state index in [0.717, 1.165) is 57.8 Å². The predicted molar refractivity (Wildman–Crippen MR) is 243 cm³/mol. The van der Waals surface area contributed by atoms with E-state index in [1.54, 1.807) is 0 Å². The zero-order valence-electron chi connectivity index (χ0n) is 38.6. The zero-order chi connectivity index (χ0) is 41.5. The van der Waals surface area contributed by atoms with E-state index in [1.807, 2.05) is 0 Å². The molecule has 0 spiro atoms. The molecule has 0 radical (unpaired) electrons. The Kier molecular flexibility index (Phi) is 45.8. The van der Waals surface area contributed by atoms with Crippen molar-refractivity contribution >= 4 is 17.9 Å². The first kappa shape index (κ1) is 55.4. The number of ether oxygens (including phenoxy) is 3. The van der Waals surface area contributed by atoms with Gasteiger partial charge in [-0.3, -0.25) is 14.4 Å². The molecule has 0 rings (SSSR count). The fourth-order valence-electron chi connectivity index (χ4n) is 7.74. The highest BCUT2D eigenvalue weighted by Crippen LogP contribution is 2.17. The Labute approximate surface area is 355 Å². The molecule has 0 aromatic heterocycles. The number of unbranched alkanes of at least 4 members (excludes halogenated alkanes) is 36. The molecule has 0 aromatic carbocycles. The molecule has 1 atom stereocenters. The lowest BCUT2D eigenvalue weighted by Gasteiger charge is -2.18. The third-order valence-corrected chi connectivity index (χ3v) is 11.6. The molecule has 0 saturated carbocycles. The summed E-state index contributed by atoms with van der Waals surface area (Å²) in [7, 11) is 0. The Hall–Kier alpha value is -1.59. The van der Waals surface area contributed by atoms with Crippen LogP contribution in [0, 0.1) is 0 Å². The van der Waals surface area contributed by atoms with Crippen molar-refractivity contribution in [2.75, 3.05) is 13.2 Å². The van der Waals surface area contributed by atoms with E-state index in [9.17, 15) is 14.4 Å². The third-order valence-electron chi connectivity index (χ3n) is 11.6. The minimum atomic E-state index is -0.758. The molecule has 0 heterocycles. The molecule has 0 bridgehead atoms. The van der Waals surface area contributed by atoms with Crippen LogP contribution in [0.2, 0.25) is 0 Å². The van der Waals surface area contributed by atoms with Crippen LogP contribution in [0.1, 0.15) is 290 Å². The number of carbonyl (C=O) groups is 3. The normalized spacial score (nSPS) is 11.8. The SMILES string of the molecule is CCCCCCCCCCCCCCCCCCCC(=O)OCC(COC(=O)CCCCCCCC)OC(=O)CCCCCCCCCCCCCCCCCC. The largest absolute Gasteiger partial charge is 0.462 e. The Balaban J connectivity index is 4.15. The van der Waals surface area contributed by atoms with Crippen molar-refractivity contribution < 1.29 is 28.6 Å². The second-order valence-corrected chi connectivity index (χ2v) is 17.5. The first-order valence-corrected chi connectivity index (χ1v) is 25.5. The van der Waals surface area contributed by atoms with Gasteiger partial charge in [-0.1, -0.05) is 252 Å². The van der Waals surface area contributed by atoms with Gasteiger partial charge in [-0.05, 0) is 19.3 Å². The van der Waals surface area contributed by atoms with Crippen LogP contribution in [0.4, 0.5) is 0 Å². The van der Waals surface area contributed by atoms with Gasteiger partial charge in [0.25, 0.3) is 0 Å². The van der Waals surface area contributed by atoms with Gasteiger partial charge >= 0.3 is 17.9 Å². The van der Waals surface area contributed by atoms with Crippen LogP contribution in [-0.2, 0) is 28.6 Å². The predicted octanol–water partition coefficient (Wildman–Crippen LogP) is 16.4. The number of carbonyl (C=O) groups excluding carboxylic acids is 3. The summed E-state index contributed by atoms with van der Waals surface area (Å²) in [6.07, 6.45) is 49.7. The standard InChI is InChI=1S/C51H98O6/c1-4-7-10-13-16-18-20-22-24-26-28-29-31-33-35-38-41-44-50(53)56-47-48(46-55-49(52)43-40-37-15-12-9-6-3)57-51(54)45-42-39-36-34-32-30-27-25-23-21-19-17-14-11-8-5-2/h48H,4-47H2,1-3H3. The van der Waals surface area contributed by atoms with Crippen molar-refractivity contribution in [3.8, 4) is 0 Å². The van der Waals surface area contributed by atoms with E-state index in [2.05, 4.69) is 20.8 Å². The second-order valence-electron chi connectivity index (χ2n) is 17.5. The smallest absolute Gasteiger partial charge is 0.306 e. The Bertz CT molecular complexity index is 844. The molecule has 0 N–H and O–H groups in total. The summed E-state index contributed by atoms with van der Waals surface area (Å²) < 4.78 is 16.7. The van der Waals surface area contributed by atoms with Crippen LogP contribution in [0.15, 0.2) is 0 Å². The zero-order valence-corrected chi connectivity index (χ0v) is 38.6. The molecule has 0 fully saturated rings. The maximum Gasteiger partial charge on any atom is 0.306 e. The van der Waals surface area contributed by atoms with E-state index in [4.69, 9.17) is 14.2 Å². The van der Waals surface area contributed by atoms with Crippen molar-refractivity contribution in [2.45, 2.75) is 297 Å². The number of rotatable bonds is 47. The van der Waals surface area contributed by atoms with Gasteiger partial charge in [-0.25, -0.2) is 0 Å². The number of esters is 3. The molecule has 1 unspecified atom stereocenters. The van der Waals surface area contributed by atoms with E-state index < -0.39 is 6.10 Å². The summed E-state index contributed by atoms with van der Waals surface area (Å²) in [6.45, 7) is 6.62. The maximum absolute atomic E-state index is 12.7. The summed E-state index contributed by atoms with van der Waals surface area (Å²) in [5.41, 5.74) is 0. The number of hydrogen-bond acceptors (Lipinski definition) is 6. The van der Waals surface area contributed by atoms with Gasteiger partial charge in [-0.2, -0.15) is 0 Å². The molecule has 0 saturated heterocycles. The van der Waals surface area contributed by atoms with E-state index >= 15 is 0 Å².